The van der Waals surface area contributed by atoms with Gasteiger partial charge in [0.15, 0.2) is 0 Å². The first-order chi connectivity index (χ1) is 9.86. The van der Waals surface area contributed by atoms with E-state index in [1.54, 1.807) is 22.5 Å². The number of hydrogen-bond donors (Lipinski definition) is 1. The van der Waals surface area contributed by atoms with Gasteiger partial charge < -0.3 is 10.6 Å². The third kappa shape index (κ3) is 3.59. The number of nitrogens with zero attached hydrogens (tertiary/aromatic N) is 2. The van der Waals surface area contributed by atoms with E-state index in [1.807, 2.05) is 14.0 Å². The van der Waals surface area contributed by atoms with E-state index in [9.17, 15) is 8.42 Å². The molecular weight excluding hydrogens is 354 g/mol. The number of halogens is 1. The van der Waals surface area contributed by atoms with Crippen LogP contribution in [0.5, 0.6) is 0 Å². The maximum atomic E-state index is 12.9. The lowest BCUT2D eigenvalue weighted by Gasteiger charge is -2.29. The van der Waals surface area contributed by atoms with Crippen LogP contribution in [0.2, 0.25) is 0 Å². The molecule has 21 heavy (non-hydrogen) atoms. The number of sulfonamides is 1. The fourth-order valence-corrected chi connectivity index (χ4v) is 4.96. The van der Waals surface area contributed by atoms with E-state index < -0.39 is 10.0 Å². The van der Waals surface area contributed by atoms with Crippen LogP contribution in [0.1, 0.15) is 19.8 Å². The molecule has 2 N–H and O–H groups in total. The van der Waals surface area contributed by atoms with Gasteiger partial charge in [-0.25, -0.2) is 8.42 Å². The molecule has 0 bridgehead atoms. The quantitative estimate of drug-likeness (QED) is 0.821. The summed E-state index contributed by atoms with van der Waals surface area (Å²) in [5, 5.41) is 0. The second kappa shape index (κ2) is 6.64. The predicted molar refractivity (Wildman–Crippen MR) is 88.6 cm³/mol. The molecule has 0 saturated carbocycles. The van der Waals surface area contributed by atoms with Crippen molar-refractivity contribution in [3.63, 3.8) is 0 Å². The summed E-state index contributed by atoms with van der Waals surface area (Å²) in [4.78, 5) is 2.49. The fraction of sp³-hybridized carbons (Fsp3) is 0.571. The zero-order valence-corrected chi connectivity index (χ0v) is 14.8. The number of hydrogen-bond acceptors (Lipinski definition) is 4. The van der Waals surface area contributed by atoms with Crippen LogP contribution in [-0.2, 0) is 10.0 Å². The molecule has 0 amide bonds. The monoisotopic (exact) mass is 375 g/mol. The second-order valence-corrected chi connectivity index (χ2v) is 8.22. The molecule has 1 heterocycles. The normalized spacial score (nSPS) is 22.1. The Bertz CT molecular complexity index is 606. The zero-order chi connectivity index (χ0) is 15.6. The molecule has 5 nitrogen and oxygen atoms in total. The summed E-state index contributed by atoms with van der Waals surface area (Å²) >= 11 is 3.30. The van der Waals surface area contributed by atoms with Gasteiger partial charge in [-0.2, -0.15) is 4.31 Å². The maximum absolute atomic E-state index is 12.9. The van der Waals surface area contributed by atoms with E-state index in [1.165, 1.54) is 0 Å². The molecule has 2 rings (SSSR count). The second-order valence-electron chi connectivity index (χ2n) is 5.48. The highest BCUT2D eigenvalue weighted by Gasteiger charge is 2.32. The molecule has 1 saturated heterocycles. The number of anilines is 1. The van der Waals surface area contributed by atoms with Crippen molar-refractivity contribution in [3.8, 4) is 0 Å². The summed E-state index contributed by atoms with van der Waals surface area (Å²) in [7, 11) is -1.45. The molecule has 1 atom stereocenters. The third-order valence-electron chi connectivity index (χ3n) is 3.90. The van der Waals surface area contributed by atoms with Gasteiger partial charge in [-0.1, -0.05) is 6.92 Å². The van der Waals surface area contributed by atoms with E-state index in [0.717, 1.165) is 25.9 Å². The summed E-state index contributed by atoms with van der Waals surface area (Å²) in [5.74, 6) is 0. The lowest BCUT2D eigenvalue weighted by Crippen LogP contribution is -2.43. The van der Waals surface area contributed by atoms with Gasteiger partial charge in [-0.3, -0.25) is 0 Å². The topological polar surface area (TPSA) is 66.6 Å². The number of nitrogens with two attached hydrogens (primary N) is 1. The molecule has 1 fully saturated rings. The molecule has 118 valence electrons. The van der Waals surface area contributed by atoms with Crippen molar-refractivity contribution in [2.24, 2.45) is 0 Å². The summed E-state index contributed by atoms with van der Waals surface area (Å²) in [6.45, 7) is 4.29. The zero-order valence-electron chi connectivity index (χ0n) is 12.4. The van der Waals surface area contributed by atoms with Crippen molar-refractivity contribution in [3.05, 3.63) is 22.7 Å². The highest BCUT2D eigenvalue weighted by molar-refractivity contribution is 9.10. The van der Waals surface area contributed by atoms with E-state index in [-0.39, 0.29) is 6.04 Å². The number of benzene rings is 1. The van der Waals surface area contributed by atoms with Crippen LogP contribution in [0, 0.1) is 0 Å². The first kappa shape index (κ1) is 16.7. The summed E-state index contributed by atoms with van der Waals surface area (Å²) < 4.78 is 28.1. The van der Waals surface area contributed by atoms with Crippen LogP contribution in [0.15, 0.2) is 27.6 Å². The average Bonchev–Trinajstić information content (AvgIpc) is 2.63. The van der Waals surface area contributed by atoms with E-state index in [4.69, 9.17) is 5.73 Å². The molecule has 7 heteroatoms. The third-order valence-corrected chi connectivity index (χ3v) is 6.53. The molecule has 0 aliphatic carbocycles. The van der Waals surface area contributed by atoms with Crippen LogP contribution in [-0.4, -0.2) is 50.3 Å². The van der Waals surface area contributed by atoms with Crippen LogP contribution in [0.4, 0.5) is 5.69 Å². The molecule has 1 unspecified atom stereocenters. The highest BCUT2D eigenvalue weighted by Crippen LogP contribution is 2.27. The Labute approximate surface area is 135 Å². The minimum absolute atomic E-state index is 0.0128. The van der Waals surface area contributed by atoms with Crippen LogP contribution in [0.25, 0.3) is 0 Å². The van der Waals surface area contributed by atoms with E-state index >= 15 is 0 Å². The Kier molecular flexibility index (Phi) is 5.29. The first-order valence-corrected chi connectivity index (χ1v) is 9.35. The number of likely N-dealkylation sites (N-methyl/N-ethyl adjacent to an activating group) is 1. The van der Waals surface area contributed by atoms with Crippen molar-refractivity contribution in [1.82, 2.24) is 9.21 Å². The Hall–Kier alpha value is -0.630. The predicted octanol–water partition coefficient (Wildman–Crippen LogP) is 2.14. The largest absolute Gasteiger partial charge is 0.398 e. The van der Waals surface area contributed by atoms with Gasteiger partial charge in [0.25, 0.3) is 0 Å². The molecule has 0 aromatic heterocycles. The van der Waals surface area contributed by atoms with Crippen LogP contribution < -0.4 is 5.73 Å². The first-order valence-electron chi connectivity index (χ1n) is 7.11. The van der Waals surface area contributed by atoms with Gasteiger partial charge in [0, 0.05) is 29.3 Å². The van der Waals surface area contributed by atoms with Gasteiger partial charge in [-0.15, -0.1) is 0 Å². The SMILES string of the molecule is CCC1CN(C)CCCN1S(=O)(=O)c1ccc(N)c(Br)c1. The standard InChI is InChI=1S/C14H22BrN3O2S/c1-3-11-10-17(2)7-4-8-18(11)21(19,20)12-5-6-14(16)13(15)9-12/h5-6,9,11H,3-4,7-8,10,16H2,1-2H3. The van der Waals surface area contributed by atoms with Crippen molar-refractivity contribution >= 4 is 31.6 Å². The van der Waals surface area contributed by atoms with Crippen molar-refractivity contribution in [2.75, 3.05) is 32.4 Å². The summed E-state index contributed by atoms with van der Waals surface area (Å²) in [6, 6.07) is 4.81. The molecule has 1 aromatic carbocycles. The van der Waals surface area contributed by atoms with Gasteiger partial charge >= 0.3 is 0 Å². The molecule has 1 aliphatic heterocycles. The Balaban J connectivity index is 2.38. The Morgan fingerprint density at radius 1 is 1.38 bits per heavy atom. The summed E-state index contributed by atoms with van der Waals surface area (Å²) in [5.41, 5.74) is 6.28. The minimum atomic E-state index is -3.49. The molecule has 1 aromatic rings. The van der Waals surface area contributed by atoms with Gasteiger partial charge in [0.2, 0.25) is 10.0 Å². The van der Waals surface area contributed by atoms with Crippen molar-refractivity contribution < 1.29 is 8.42 Å². The van der Waals surface area contributed by atoms with Crippen molar-refractivity contribution in [1.29, 1.82) is 0 Å². The van der Waals surface area contributed by atoms with E-state index in [0.29, 0.717) is 21.6 Å². The molecule has 1 aliphatic rings. The lowest BCUT2D eigenvalue weighted by molar-refractivity contribution is 0.270. The molecule has 0 radical (unpaired) electrons. The molecule has 0 spiro atoms. The molecular formula is C14H22BrN3O2S. The van der Waals surface area contributed by atoms with Gasteiger partial charge in [0.05, 0.1) is 4.90 Å². The maximum Gasteiger partial charge on any atom is 0.243 e. The average molecular weight is 376 g/mol. The number of rotatable bonds is 3. The van der Waals surface area contributed by atoms with Gasteiger partial charge in [-0.05, 0) is 60.6 Å². The summed E-state index contributed by atoms with van der Waals surface area (Å²) in [6.07, 6.45) is 1.65. The van der Waals surface area contributed by atoms with Crippen molar-refractivity contribution in [2.45, 2.75) is 30.7 Å². The van der Waals surface area contributed by atoms with Gasteiger partial charge in [0.1, 0.15) is 0 Å². The van der Waals surface area contributed by atoms with Crippen LogP contribution >= 0.6 is 15.9 Å². The lowest BCUT2D eigenvalue weighted by atomic mass is 10.2. The minimum Gasteiger partial charge on any atom is -0.398 e. The smallest absolute Gasteiger partial charge is 0.243 e. The fourth-order valence-electron chi connectivity index (χ4n) is 2.67. The van der Waals surface area contributed by atoms with E-state index in [2.05, 4.69) is 20.8 Å². The highest BCUT2D eigenvalue weighted by atomic mass is 79.9. The number of nitrogen functional groups attached to an aromatic ring is 1. The Morgan fingerprint density at radius 2 is 2.10 bits per heavy atom. The van der Waals surface area contributed by atoms with Crippen LogP contribution in [0.3, 0.4) is 0 Å². The Morgan fingerprint density at radius 3 is 2.71 bits per heavy atom.